The second kappa shape index (κ2) is 11.4. The Balaban J connectivity index is 3.79. The zero-order valence-corrected chi connectivity index (χ0v) is 10.8. The molecule has 98 valence electrons. The van der Waals surface area contributed by atoms with Crippen LogP contribution in [0.5, 0.6) is 0 Å². The number of carbonyl (C=O) groups excluding carboxylic acids is 1. The lowest BCUT2D eigenvalue weighted by Crippen LogP contribution is -2.31. The maximum absolute atomic E-state index is 11.0. The maximum atomic E-state index is 11.0. The summed E-state index contributed by atoms with van der Waals surface area (Å²) >= 11 is 0. The predicted octanol–water partition coefficient (Wildman–Crippen LogP) is 1.19. The molecule has 0 aliphatic carbocycles. The molecule has 0 amide bonds. The van der Waals surface area contributed by atoms with E-state index >= 15 is 0 Å². The Bertz CT molecular complexity index is 238. The van der Waals surface area contributed by atoms with Crippen molar-refractivity contribution >= 4 is 5.97 Å². The summed E-state index contributed by atoms with van der Waals surface area (Å²) in [5.74, 6) is -0.190. The van der Waals surface area contributed by atoms with Gasteiger partial charge < -0.3 is 14.4 Å². The first-order valence-electron chi connectivity index (χ1n) is 5.89. The Morgan fingerprint density at radius 3 is 2.59 bits per heavy atom. The van der Waals surface area contributed by atoms with Crippen molar-refractivity contribution in [1.82, 2.24) is 4.90 Å². The number of carbonyl (C=O) groups is 1. The summed E-state index contributed by atoms with van der Waals surface area (Å²) in [7, 11) is 3.06. The Morgan fingerprint density at radius 1 is 1.24 bits per heavy atom. The standard InChI is InChI=1S/C12H22N2O3/c1-16-11-10-14(8-5-3-4-7-13)9-6-12(15)17-2/h3-6,8-11H2,1-2H3. The zero-order chi connectivity index (χ0) is 12.9. The zero-order valence-electron chi connectivity index (χ0n) is 10.8. The average Bonchev–Trinajstić information content (AvgIpc) is 2.36. The molecule has 0 fully saturated rings. The Labute approximate surface area is 103 Å². The second-order valence-corrected chi connectivity index (χ2v) is 3.78. The van der Waals surface area contributed by atoms with Gasteiger partial charge in [-0.05, 0) is 19.4 Å². The minimum absolute atomic E-state index is 0.190. The monoisotopic (exact) mass is 242 g/mol. The van der Waals surface area contributed by atoms with Gasteiger partial charge in [0.1, 0.15) is 0 Å². The SMILES string of the molecule is COCCN(CCCCC#N)CCC(=O)OC. The third-order valence-electron chi connectivity index (χ3n) is 2.48. The molecular formula is C12H22N2O3. The van der Waals surface area contributed by atoms with Crippen molar-refractivity contribution in [2.75, 3.05) is 40.5 Å². The van der Waals surface area contributed by atoms with Crippen molar-refractivity contribution in [2.45, 2.75) is 25.7 Å². The summed E-state index contributed by atoms with van der Waals surface area (Å²) in [6.45, 7) is 3.03. The van der Waals surface area contributed by atoms with Gasteiger partial charge in [-0.3, -0.25) is 4.79 Å². The number of nitriles is 1. The quantitative estimate of drug-likeness (QED) is 0.425. The highest BCUT2D eigenvalue weighted by Crippen LogP contribution is 2.00. The van der Waals surface area contributed by atoms with E-state index in [1.807, 2.05) is 0 Å². The van der Waals surface area contributed by atoms with E-state index in [0.29, 0.717) is 26.0 Å². The number of rotatable bonds is 10. The first-order valence-corrected chi connectivity index (χ1v) is 5.89. The highest BCUT2D eigenvalue weighted by atomic mass is 16.5. The fourth-order valence-electron chi connectivity index (χ4n) is 1.45. The summed E-state index contributed by atoms with van der Waals surface area (Å²) < 4.78 is 9.63. The molecule has 0 aromatic rings. The maximum Gasteiger partial charge on any atom is 0.306 e. The summed E-state index contributed by atoms with van der Waals surface area (Å²) in [6, 6.07) is 2.13. The Hall–Kier alpha value is -1.12. The molecular weight excluding hydrogens is 220 g/mol. The van der Waals surface area contributed by atoms with Gasteiger partial charge in [-0.2, -0.15) is 5.26 Å². The van der Waals surface area contributed by atoms with E-state index in [2.05, 4.69) is 15.7 Å². The van der Waals surface area contributed by atoms with Gasteiger partial charge in [-0.1, -0.05) is 0 Å². The number of nitrogens with zero attached hydrogens (tertiary/aromatic N) is 2. The van der Waals surface area contributed by atoms with Gasteiger partial charge in [0.2, 0.25) is 0 Å². The van der Waals surface area contributed by atoms with Crippen LogP contribution in [-0.2, 0) is 14.3 Å². The van der Waals surface area contributed by atoms with Gasteiger partial charge in [0.15, 0.2) is 0 Å². The molecule has 0 saturated carbocycles. The van der Waals surface area contributed by atoms with Gasteiger partial charge in [0.25, 0.3) is 0 Å². The van der Waals surface area contributed by atoms with E-state index < -0.39 is 0 Å². The van der Waals surface area contributed by atoms with E-state index in [9.17, 15) is 4.79 Å². The van der Waals surface area contributed by atoms with Crippen molar-refractivity contribution in [1.29, 1.82) is 5.26 Å². The average molecular weight is 242 g/mol. The van der Waals surface area contributed by atoms with E-state index in [-0.39, 0.29) is 5.97 Å². The van der Waals surface area contributed by atoms with Crippen LogP contribution in [-0.4, -0.2) is 51.3 Å². The first-order chi connectivity index (χ1) is 8.24. The first kappa shape index (κ1) is 15.9. The number of esters is 1. The van der Waals surface area contributed by atoms with Gasteiger partial charge in [0, 0.05) is 26.6 Å². The van der Waals surface area contributed by atoms with Crippen molar-refractivity contribution in [3.05, 3.63) is 0 Å². The summed E-state index contributed by atoms with van der Waals surface area (Å²) in [5.41, 5.74) is 0. The van der Waals surface area contributed by atoms with Gasteiger partial charge in [-0.25, -0.2) is 0 Å². The molecule has 17 heavy (non-hydrogen) atoms. The van der Waals surface area contributed by atoms with E-state index in [1.165, 1.54) is 7.11 Å². The van der Waals surface area contributed by atoms with Gasteiger partial charge >= 0.3 is 5.97 Å². The van der Waals surface area contributed by atoms with Crippen LogP contribution < -0.4 is 0 Å². The van der Waals surface area contributed by atoms with E-state index in [4.69, 9.17) is 10.00 Å². The van der Waals surface area contributed by atoms with E-state index in [0.717, 1.165) is 25.9 Å². The number of unbranched alkanes of at least 4 members (excludes halogenated alkanes) is 2. The van der Waals surface area contributed by atoms with Crippen LogP contribution in [0.4, 0.5) is 0 Å². The molecule has 0 heterocycles. The lowest BCUT2D eigenvalue weighted by Gasteiger charge is -2.21. The van der Waals surface area contributed by atoms with Crippen LogP contribution in [0.2, 0.25) is 0 Å². The molecule has 0 unspecified atom stereocenters. The second-order valence-electron chi connectivity index (χ2n) is 3.78. The Kier molecular flexibility index (Phi) is 10.6. The lowest BCUT2D eigenvalue weighted by atomic mass is 10.2. The molecule has 0 rings (SSSR count). The number of ether oxygens (including phenoxy) is 2. The van der Waals surface area contributed by atoms with E-state index in [1.54, 1.807) is 7.11 Å². The normalized spacial score (nSPS) is 10.2. The summed E-state index contributed by atoms with van der Waals surface area (Å²) in [4.78, 5) is 13.2. The van der Waals surface area contributed by atoms with Crippen molar-refractivity contribution in [3.63, 3.8) is 0 Å². The van der Waals surface area contributed by atoms with Crippen LogP contribution in [0, 0.1) is 11.3 Å². The molecule has 0 atom stereocenters. The van der Waals surface area contributed by atoms with Crippen LogP contribution in [0.3, 0.4) is 0 Å². The molecule has 0 aliphatic heterocycles. The van der Waals surface area contributed by atoms with Gasteiger partial charge in [-0.15, -0.1) is 0 Å². The summed E-state index contributed by atoms with van der Waals surface area (Å²) in [6.07, 6.45) is 2.87. The molecule has 0 aliphatic rings. The number of methoxy groups -OCH3 is 2. The molecule has 5 nitrogen and oxygen atoms in total. The van der Waals surface area contributed by atoms with Crippen molar-refractivity contribution in [2.24, 2.45) is 0 Å². The largest absolute Gasteiger partial charge is 0.469 e. The lowest BCUT2D eigenvalue weighted by molar-refractivity contribution is -0.141. The molecule has 0 N–H and O–H groups in total. The number of hydrogen-bond acceptors (Lipinski definition) is 5. The van der Waals surface area contributed by atoms with Crippen molar-refractivity contribution < 1.29 is 14.3 Å². The molecule has 0 spiro atoms. The highest BCUT2D eigenvalue weighted by molar-refractivity contribution is 5.69. The summed E-state index contributed by atoms with van der Waals surface area (Å²) in [5, 5.41) is 8.44. The molecule has 0 radical (unpaired) electrons. The molecule has 0 bridgehead atoms. The smallest absolute Gasteiger partial charge is 0.306 e. The fraction of sp³-hybridized carbons (Fsp3) is 0.833. The van der Waals surface area contributed by atoms with Crippen LogP contribution in [0.1, 0.15) is 25.7 Å². The third kappa shape index (κ3) is 9.79. The fourth-order valence-corrected chi connectivity index (χ4v) is 1.45. The molecule has 0 aromatic heterocycles. The minimum atomic E-state index is -0.190. The van der Waals surface area contributed by atoms with Gasteiger partial charge in [0.05, 0.1) is 26.2 Å². The molecule has 0 saturated heterocycles. The van der Waals surface area contributed by atoms with Crippen LogP contribution in [0.25, 0.3) is 0 Å². The molecule has 0 aromatic carbocycles. The molecule has 5 heteroatoms. The Morgan fingerprint density at radius 2 is 2.00 bits per heavy atom. The number of hydrogen-bond donors (Lipinski definition) is 0. The van der Waals surface area contributed by atoms with Crippen LogP contribution >= 0.6 is 0 Å². The third-order valence-corrected chi connectivity index (χ3v) is 2.48. The minimum Gasteiger partial charge on any atom is -0.469 e. The van der Waals surface area contributed by atoms with Crippen molar-refractivity contribution in [3.8, 4) is 6.07 Å². The predicted molar refractivity (Wildman–Crippen MR) is 64.4 cm³/mol. The highest BCUT2D eigenvalue weighted by Gasteiger charge is 2.07. The van der Waals surface area contributed by atoms with Crippen LogP contribution in [0.15, 0.2) is 0 Å². The topological polar surface area (TPSA) is 62.6 Å².